The number of aliphatic hydroxyl groups is 6. The summed E-state index contributed by atoms with van der Waals surface area (Å²) in [4.78, 5) is 17.4. The van der Waals surface area contributed by atoms with Crippen LogP contribution in [-0.4, -0.2) is 135 Å². The van der Waals surface area contributed by atoms with Gasteiger partial charge in [-0.3, -0.25) is 4.52 Å². The van der Waals surface area contributed by atoms with E-state index in [0.717, 1.165) is 0 Å². The lowest BCUT2D eigenvalue weighted by Gasteiger charge is -2.46. The maximum Gasteiger partial charge on any atom is 0.469 e. The van der Waals surface area contributed by atoms with E-state index >= 15 is 0 Å². The molecule has 0 aromatic rings. The van der Waals surface area contributed by atoms with Crippen molar-refractivity contribution in [2.24, 2.45) is 0 Å². The molecule has 2 saturated heterocycles. The quantitative estimate of drug-likeness (QED) is 0.108. The molecule has 184 valence electrons. The van der Waals surface area contributed by atoms with Gasteiger partial charge in [-0.1, -0.05) is 0 Å². The van der Waals surface area contributed by atoms with Gasteiger partial charge in [0.15, 0.2) is 12.6 Å². The predicted molar refractivity (Wildman–Crippen MR) is 95.1 cm³/mol. The molecule has 0 spiro atoms. The summed E-state index contributed by atoms with van der Waals surface area (Å²) in [5.41, 5.74) is 0. The SMILES string of the molecule is CO[C@@H]1O[C@H](CO)[C@H](O[C@H]2O[C@H](CO)[C@H](O)[C@H](O)[C@H]2O)[C@H](O)[C@H]1OCCOP(=O)(O)O. The predicted octanol–water partition coefficient (Wildman–Crippen LogP) is -4.61. The molecular weight excluding hydrogens is 451 g/mol. The van der Waals surface area contributed by atoms with Crippen LogP contribution in [0.3, 0.4) is 0 Å². The summed E-state index contributed by atoms with van der Waals surface area (Å²) in [7, 11) is -3.49. The molecule has 2 aliphatic heterocycles. The molecule has 0 aromatic carbocycles. The molecule has 2 rings (SSSR count). The fraction of sp³-hybridized carbons (Fsp3) is 1.00. The third-order valence-corrected chi connectivity index (χ3v) is 5.34. The van der Waals surface area contributed by atoms with E-state index in [-0.39, 0.29) is 6.61 Å². The second-order valence-electron chi connectivity index (χ2n) is 6.91. The largest absolute Gasteiger partial charge is 0.469 e. The van der Waals surface area contributed by atoms with Gasteiger partial charge in [0.1, 0.15) is 48.8 Å². The highest BCUT2D eigenvalue weighted by Crippen LogP contribution is 2.35. The van der Waals surface area contributed by atoms with Crippen LogP contribution in [0.2, 0.25) is 0 Å². The average molecular weight is 480 g/mol. The first-order valence-corrected chi connectivity index (χ1v) is 10.8. The number of methoxy groups -OCH3 is 1. The molecule has 31 heavy (non-hydrogen) atoms. The Kier molecular flexibility index (Phi) is 10.2. The number of aliphatic hydroxyl groups excluding tert-OH is 6. The van der Waals surface area contributed by atoms with Crippen LogP contribution in [0.25, 0.3) is 0 Å². The fourth-order valence-corrected chi connectivity index (χ4v) is 3.56. The second-order valence-corrected chi connectivity index (χ2v) is 8.15. The molecule has 16 heteroatoms. The topological polar surface area (TPSA) is 234 Å². The van der Waals surface area contributed by atoms with Gasteiger partial charge in [-0.2, -0.15) is 0 Å². The van der Waals surface area contributed by atoms with E-state index in [9.17, 15) is 35.2 Å². The molecule has 2 heterocycles. The first-order valence-electron chi connectivity index (χ1n) is 9.28. The summed E-state index contributed by atoms with van der Waals surface area (Å²) in [6.07, 6.45) is -14.6. The third kappa shape index (κ3) is 6.83. The molecule has 0 radical (unpaired) electrons. The van der Waals surface area contributed by atoms with Crippen molar-refractivity contribution in [1.29, 1.82) is 0 Å². The minimum absolute atomic E-state index is 0.382. The van der Waals surface area contributed by atoms with E-state index in [1.165, 1.54) is 7.11 Å². The van der Waals surface area contributed by atoms with Gasteiger partial charge in [-0.25, -0.2) is 4.57 Å². The smallest absolute Gasteiger partial charge is 0.394 e. The van der Waals surface area contributed by atoms with Crippen LogP contribution in [0.1, 0.15) is 0 Å². The van der Waals surface area contributed by atoms with Crippen LogP contribution in [0, 0.1) is 0 Å². The van der Waals surface area contributed by atoms with Gasteiger partial charge < -0.3 is 64.1 Å². The Labute approximate surface area is 176 Å². The van der Waals surface area contributed by atoms with Crippen molar-refractivity contribution in [3.05, 3.63) is 0 Å². The summed E-state index contributed by atoms with van der Waals surface area (Å²) in [5.74, 6) is 0. The standard InChI is InChI=1S/C15H29O15P/c1-25-15-13(26-2-3-27-31(22,23)24)11(21)12(7(5-17)29-15)30-14-10(20)9(19)8(18)6(4-16)28-14/h6-21H,2-5H2,1H3,(H2,22,23,24)/t6-,7-,8+,9+,10-,11+,12+,13-,14-,15-/m1/s1. The normalized spacial score (nSPS) is 42.0. The Morgan fingerprint density at radius 1 is 0.806 bits per heavy atom. The zero-order valence-electron chi connectivity index (χ0n) is 16.5. The van der Waals surface area contributed by atoms with Crippen LogP contribution in [0.5, 0.6) is 0 Å². The van der Waals surface area contributed by atoms with Gasteiger partial charge in [0, 0.05) is 7.11 Å². The summed E-state index contributed by atoms with van der Waals surface area (Å²) in [6.45, 7) is -2.26. The second kappa shape index (κ2) is 11.7. The van der Waals surface area contributed by atoms with Gasteiger partial charge in [-0.15, -0.1) is 0 Å². The number of ether oxygens (including phenoxy) is 5. The molecule has 0 amide bonds. The van der Waals surface area contributed by atoms with Gasteiger partial charge in [-0.05, 0) is 0 Å². The zero-order chi connectivity index (χ0) is 23.3. The number of hydrogen-bond acceptors (Lipinski definition) is 13. The molecule has 10 atom stereocenters. The van der Waals surface area contributed by atoms with Crippen LogP contribution >= 0.6 is 7.82 Å². The van der Waals surface area contributed by atoms with Crippen molar-refractivity contribution in [2.45, 2.75) is 61.4 Å². The highest BCUT2D eigenvalue weighted by Gasteiger charge is 2.51. The minimum Gasteiger partial charge on any atom is -0.394 e. The van der Waals surface area contributed by atoms with Gasteiger partial charge in [0.2, 0.25) is 0 Å². The Morgan fingerprint density at radius 3 is 1.97 bits per heavy atom. The maximum atomic E-state index is 10.7. The summed E-state index contributed by atoms with van der Waals surface area (Å²) >= 11 is 0. The minimum atomic E-state index is -4.72. The lowest BCUT2D eigenvalue weighted by molar-refractivity contribution is -0.360. The number of phosphoric acid groups is 1. The molecule has 0 aromatic heterocycles. The Hall–Kier alpha value is -0.330. The first-order chi connectivity index (χ1) is 14.5. The third-order valence-electron chi connectivity index (χ3n) is 4.82. The Bertz CT molecular complexity index is 587. The molecule has 15 nitrogen and oxygen atoms in total. The number of hydrogen-bond donors (Lipinski definition) is 8. The lowest BCUT2D eigenvalue weighted by Crippen LogP contribution is -2.65. The average Bonchev–Trinajstić information content (AvgIpc) is 2.72. The maximum absolute atomic E-state index is 10.7. The van der Waals surface area contributed by atoms with E-state index in [1.807, 2.05) is 0 Å². The van der Waals surface area contributed by atoms with Gasteiger partial charge in [0.05, 0.1) is 26.4 Å². The van der Waals surface area contributed by atoms with E-state index in [2.05, 4.69) is 4.52 Å². The molecule has 0 aliphatic carbocycles. The number of rotatable bonds is 10. The van der Waals surface area contributed by atoms with E-state index in [1.54, 1.807) is 0 Å². The van der Waals surface area contributed by atoms with Gasteiger partial charge in [0.25, 0.3) is 0 Å². The lowest BCUT2D eigenvalue weighted by atomic mass is 9.97. The Balaban J connectivity index is 2.10. The highest BCUT2D eigenvalue weighted by atomic mass is 31.2. The van der Waals surface area contributed by atoms with Crippen LogP contribution < -0.4 is 0 Å². The van der Waals surface area contributed by atoms with Crippen molar-refractivity contribution in [1.82, 2.24) is 0 Å². The monoisotopic (exact) mass is 480 g/mol. The van der Waals surface area contributed by atoms with E-state index in [4.69, 9.17) is 33.5 Å². The molecule has 2 fully saturated rings. The van der Waals surface area contributed by atoms with Crippen molar-refractivity contribution in [2.75, 3.05) is 33.5 Å². The van der Waals surface area contributed by atoms with Crippen LogP contribution in [-0.2, 0) is 32.8 Å². The van der Waals surface area contributed by atoms with Crippen LogP contribution in [0.15, 0.2) is 0 Å². The summed E-state index contributed by atoms with van der Waals surface area (Å²) in [5, 5.41) is 59.5. The van der Waals surface area contributed by atoms with E-state index in [0.29, 0.717) is 0 Å². The van der Waals surface area contributed by atoms with Crippen molar-refractivity contribution >= 4 is 7.82 Å². The van der Waals surface area contributed by atoms with Crippen LogP contribution in [0.4, 0.5) is 0 Å². The summed E-state index contributed by atoms with van der Waals surface area (Å²) in [6, 6.07) is 0. The highest BCUT2D eigenvalue weighted by molar-refractivity contribution is 7.46. The first kappa shape index (κ1) is 26.9. The molecule has 0 saturated carbocycles. The molecule has 0 bridgehead atoms. The van der Waals surface area contributed by atoms with Gasteiger partial charge >= 0.3 is 7.82 Å². The van der Waals surface area contributed by atoms with Crippen molar-refractivity contribution in [3.8, 4) is 0 Å². The fourth-order valence-electron chi connectivity index (χ4n) is 3.25. The van der Waals surface area contributed by atoms with Crippen molar-refractivity contribution in [3.63, 3.8) is 0 Å². The molecule has 0 unspecified atom stereocenters. The molecular formula is C15H29O15P. The summed E-state index contributed by atoms with van der Waals surface area (Å²) < 4.78 is 41.6. The number of phosphoric ester groups is 1. The molecule has 2 aliphatic rings. The molecule has 8 N–H and O–H groups in total. The zero-order valence-corrected chi connectivity index (χ0v) is 17.4. The Morgan fingerprint density at radius 2 is 1.42 bits per heavy atom. The van der Waals surface area contributed by atoms with Crippen molar-refractivity contribution < 1.29 is 73.2 Å². The van der Waals surface area contributed by atoms with E-state index < -0.39 is 89.1 Å².